The fraction of sp³-hybridized carbons (Fsp3) is 0. The van der Waals surface area contributed by atoms with E-state index in [1.807, 2.05) is 0 Å². The summed E-state index contributed by atoms with van der Waals surface area (Å²) in [6, 6.07) is 9.37. The lowest BCUT2D eigenvalue weighted by Crippen LogP contribution is -1.92. The van der Waals surface area contributed by atoms with E-state index < -0.39 is 9.05 Å². The molecule has 0 bridgehead atoms. The molecule has 0 atom stereocenters. The monoisotopic (exact) mass is 485 g/mol. The van der Waals surface area contributed by atoms with Crippen molar-refractivity contribution in [3.8, 4) is 0 Å². The first kappa shape index (κ1) is 20.0. The van der Waals surface area contributed by atoms with Crippen molar-refractivity contribution in [1.82, 2.24) is 10.2 Å². The molecule has 0 saturated carbocycles. The summed E-state index contributed by atoms with van der Waals surface area (Å²) >= 11 is 20.7. The first-order valence-electron chi connectivity index (χ1n) is 6.70. The minimum absolute atomic E-state index is 0.0208. The van der Waals surface area contributed by atoms with E-state index >= 15 is 0 Å². The van der Waals surface area contributed by atoms with E-state index in [4.69, 9.17) is 45.5 Å². The van der Waals surface area contributed by atoms with Gasteiger partial charge in [-0.15, -0.1) is 10.2 Å². The van der Waals surface area contributed by atoms with Crippen molar-refractivity contribution in [3.63, 3.8) is 0 Å². The third kappa shape index (κ3) is 4.75. The Morgan fingerprint density at radius 2 is 1.65 bits per heavy atom. The van der Waals surface area contributed by atoms with Crippen molar-refractivity contribution in [2.75, 3.05) is 5.32 Å². The predicted molar refractivity (Wildman–Crippen MR) is 108 cm³/mol. The molecule has 0 amide bonds. The number of anilines is 2. The van der Waals surface area contributed by atoms with Crippen LogP contribution in [0.1, 0.15) is 0 Å². The fourth-order valence-corrected chi connectivity index (χ4v) is 5.05. The summed E-state index contributed by atoms with van der Waals surface area (Å²) in [5.41, 5.74) is 0.648. The standard InChI is InChI=1S/C14H7Cl4N3O2S3/c15-9-5-6-10(12(17)11(9)16)24-14-21-20-13(25-14)19-7-1-3-8(4-2-7)26(18,22)23/h1-6H,(H,19,20). The van der Waals surface area contributed by atoms with Crippen LogP contribution in [-0.2, 0) is 9.05 Å². The number of nitrogens with zero attached hydrogens (tertiary/aromatic N) is 2. The van der Waals surface area contributed by atoms with E-state index in [0.717, 1.165) is 0 Å². The van der Waals surface area contributed by atoms with Crippen molar-refractivity contribution >= 4 is 88.5 Å². The summed E-state index contributed by atoms with van der Waals surface area (Å²) in [5, 5.41) is 12.7. The van der Waals surface area contributed by atoms with E-state index in [2.05, 4.69) is 15.5 Å². The molecule has 1 N–H and O–H groups in total. The Kier molecular flexibility index (Phi) is 6.23. The van der Waals surface area contributed by atoms with Crippen molar-refractivity contribution in [2.24, 2.45) is 0 Å². The average molecular weight is 487 g/mol. The highest BCUT2D eigenvalue weighted by Crippen LogP contribution is 2.41. The van der Waals surface area contributed by atoms with Crippen molar-refractivity contribution < 1.29 is 8.42 Å². The zero-order valence-corrected chi connectivity index (χ0v) is 17.9. The Morgan fingerprint density at radius 1 is 0.962 bits per heavy atom. The Balaban J connectivity index is 1.73. The van der Waals surface area contributed by atoms with E-state index in [-0.39, 0.29) is 9.92 Å². The summed E-state index contributed by atoms with van der Waals surface area (Å²) in [6.45, 7) is 0. The number of aromatic nitrogens is 2. The van der Waals surface area contributed by atoms with Crippen LogP contribution in [0.3, 0.4) is 0 Å². The predicted octanol–water partition coefficient (Wildman–Crippen LogP) is 6.32. The summed E-state index contributed by atoms with van der Waals surface area (Å²) in [6.07, 6.45) is 0. The van der Waals surface area contributed by atoms with Crippen molar-refractivity contribution in [1.29, 1.82) is 0 Å². The molecule has 136 valence electrons. The van der Waals surface area contributed by atoms with Crippen molar-refractivity contribution in [2.45, 2.75) is 14.1 Å². The van der Waals surface area contributed by atoms with Gasteiger partial charge in [0.15, 0.2) is 4.34 Å². The topological polar surface area (TPSA) is 72.0 Å². The maximum Gasteiger partial charge on any atom is 0.261 e. The first-order valence-corrected chi connectivity index (χ1v) is 11.8. The van der Waals surface area contributed by atoms with Gasteiger partial charge in [-0.2, -0.15) is 0 Å². The number of hydrogen-bond acceptors (Lipinski definition) is 7. The highest BCUT2D eigenvalue weighted by atomic mass is 35.7. The molecule has 3 aromatic rings. The zero-order valence-electron chi connectivity index (χ0n) is 12.4. The number of rotatable bonds is 5. The van der Waals surface area contributed by atoms with Gasteiger partial charge in [0.05, 0.1) is 20.0 Å². The summed E-state index contributed by atoms with van der Waals surface area (Å²) in [4.78, 5) is 0.730. The first-order chi connectivity index (χ1) is 12.2. The molecule has 26 heavy (non-hydrogen) atoms. The summed E-state index contributed by atoms with van der Waals surface area (Å²) < 4.78 is 23.1. The molecule has 2 aromatic carbocycles. The Labute approximate surface area is 177 Å². The third-order valence-electron chi connectivity index (χ3n) is 2.99. The fourth-order valence-electron chi connectivity index (χ4n) is 1.81. The van der Waals surface area contributed by atoms with Crippen LogP contribution in [0.15, 0.2) is 50.5 Å². The van der Waals surface area contributed by atoms with Gasteiger partial charge in [-0.05, 0) is 36.4 Å². The largest absolute Gasteiger partial charge is 0.330 e. The Bertz CT molecular complexity index is 1060. The second-order valence-corrected chi connectivity index (χ2v) is 10.7. The van der Waals surface area contributed by atoms with Gasteiger partial charge in [-0.1, -0.05) is 57.9 Å². The van der Waals surface area contributed by atoms with Gasteiger partial charge in [0.1, 0.15) is 0 Å². The van der Waals surface area contributed by atoms with E-state index in [1.54, 1.807) is 24.3 Å². The minimum Gasteiger partial charge on any atom is -0.330 e. The minimum atomic E-state index is -3.75. The molecule has 0 fully saturated rings. The number of benzene rings is 2. The van der Waals surface area contributed by atoms with Crippen LogP contribution in [0.4, 0.5) is 10.8 Å². The molecule has 0 aliphatic carbocycles. The molecule has 0 unspecified atom stereocenters. The van der Waals surface area contributed by atoms with Crippen LogP contribution in [0, 0.1) is 0 Å². The second-order valence-electron chi connectivity index (χ2n) is 4.74. The molecule has 5 nitrogen and oxygen atoms in total. The molecule has 0 spiro atoms. The summed E-state index contributed by atoms with van der Waals surface area (Å²) in [5.74, 6) is 0. The molecular formula is C14H7Cl4N3O2S3. The van der Waals surface area contributed by atoms with E-state index in [0.29, 0.717) is 30.1 Å². The lowest BCUT2D eigenvalue weighted by Gasteiger charge is -2.04. The van der Waals surface area contributed by atoms with Gasteiger partial charge in [0.25, 0.3) is 9.05 Å². The van der Waals surface area contributed by atoms with E-state index in [9.17, 15) is 8.42 Å². The second kappa shape index (κ2) is 8.10. The molecule has 0 radical (unpaired) electrons. The molecule has 3 rings (SSSR count). The maximum absolute atomic E-state index is 11.2. The van der Waals surface area contributed by atoms with Crippen molar-refractivity contribution in [3.05, 3.63) is 51.5 Å². The third-order valence-corrected chi connectivity index (χ3v) is 7.72. The molecule has 0 aliphatic heterocycles. The lowest BCUT2D eigenvalue weighted by molar-refractivity contribution is 0.609. The van der Waals surface area contributed by atoms with Crippen LogP contribution >= 0.6 is 68.6 Å². The number of hydrogen-bond donors (Lipinski definition) is 1. The highest BCUT2D eigenvalue weighted by Gasteiger charge is 2.13. The van der Waals surface area contributed by atoms with Gasteiger partial charge < -0.3 is 5.32 Å². The van der Waals surface area contributed by atoms with Crippen LogP contribution in [0.5, 0.6) is 0 Å². The van der Waals surface area contributed by atoms with Crippen LogP contribution in [0.25, 0.3) is 0 Å². The molecule has 0 aliphatic rings. The SMILES string of the molecule is O=S(=O)(Cl)c1ccc(Nc2nnc(Sc3ccc(Cl)c(Cl)c3Cl)s2)cc1. The van der Waals surface area contributed by atoms with Crippen LogP contribution in [0.2, 0.25) is 15.1 Å². The highest BCUT2D eigenvalue weighted by molar-refractivity contribution is 8.13. The van der Waals surface area contributed by atoms with Gasteiger partial charge in [-0.3, -0.25) is 0 Å². The maximum atomic E-state index is 11.2. The van der Waals surface area contributed by atoms with Gasteiger partial charge in [0.2, 0.25) is 5.13 Å². The molecule has 1 aromatic heterocycles. The zero-order chi connectivity index (χ0) is 18.9. The van der Waals surface area contributed by atoms with E-state index in [1.165, 1.54) is 35.2 Å². The summed E-state index contributed by atoms with van der Waals surface area (Å²) in [7, 11) is 1.53. The molecular weight excluding hydrogens is 480 g/mol. The lowest BCUT2D eigenvalue weighted by atomic mass is 10.3. The smallest absolute Gasteiger partial charge is 0.261 e. The Hall–Kier alpha value is -0.740. The molecule has 1 heterocycles. The van der Waals surface area contributed by atoms with Gasteiger partial charge in [-0.25, -0.2) is 8.42 Å². The molecule has 0 saturated heterocycles. The van der Waals surface area contributed by atoms with Gasteiger partial charge >= 0.3 is 0 Å². The van der Waals surface area contributed by atoms with Gasteiger partial charge in [0, 0.05) is 21.3 Å². The molecule has 12 heteroatoms. The van der Waals surface area contributed by atoms with Crippen LogP contribution in [-0.4, -0.2) is 18.6 Å². The quantitative estimate of drug-likeness (QED) is 0.336. The van der Waals surface area contributed by atoms with Crippen LogP contribution < -0.4 is 5.32 Å². The number of halogens is 4. The normalized spacial score (nSPS) is 11.5. The number of nitrogens with one attached hydrogen (secondary N) is 1. The Morgan fingerprint density at radius 3 is 2.31 bits per heavy atom. The average Bonchev–Trinajstić information content (AvgIpc) is 3.02.